The second-order valence-electron chi connectivity index (χ2n) is 5.82. The molecular weight excluding hydrogens is 338 g/mol. The first-order valence-electron chi connectivity index (χ1n) is 7.96. The molecule has 1 N–H and O–H groups in total. The summed E-state index contributed by atoms with van der Waals surface area (Å²) in [5.41, 5.74) is 2.30. The van der Waals surface area contributed by atoms with Gasteiger partial charge in [0.05, 0.1) is 18.4 Å². The van der Waals surface area contributed by atoms with Crippen molar-refractivity contribution in [3.63, 3.8) is 0 Å². The van der Waals surface area contributed by atoms with E-state index in [1.807, 2.05) is 30.3 Å². The number of fused-ring (bicyclic) bond motifs is 1. The third kappa shape index (κ3) is 4.14. The Labute approximate surface area is 150 Å². The molecule has 3 rings (SSSR count). The average Bonchev–Trinajstić information content (AvgIpc) is 2.65. The summed E-state index contributed by atoms with van der Waals surface area (Å²) >= 11 is 1.48. The van der Waals surface area contributed by atoms with E-state index in [-0.39, 0.29) is 11.5 Å². The maximum absolute atomic E-state index is 12.5. The van der Waals surface area contributed by atoms with Gasteiger partial charge in [0.2, 0.25) is 5.91 Å². The van der Waals surface area contributed by atoms with E-state index in [2.05, 4.69) is 0 Å². The van der Waals surface area contributed by atoms with Gasteiger partial charge in [0.25, 0.3) is 0 Å². The molecule has 1 amide bonds. The van der Waals surface area contributed by atoms with E-state index in [0.29, 0.717) is 18.8 Å². The highest BCUT2D eigenvalue weighted by Gasteiger charge is 2.21. The normalized spacial score (nSPS) is 13.2. The van der Waals surface area contributed by atoms with Crippen LogP contribution in [0, 0.1) is 0 Å². The second-order valence-corrected chi connectivity index (χ2v) is 6.87. The molecule has 25 heavy (non-hydrogen) atoms. The van der Waals surface area contributed by atoms with Gasteiger partial charge in [-0.3, -0.25) is 4.79 Å². The molecule has 1 aliphatic heterocycles. The number of carbonyl (C=O) groups is 2. The quantitative estimate of drug-likeness (QED) is 0.833. The lowest BCUT2D eigenvalue weighted by atomic mass is 9.97. The van der Waals surface area contributed by atoms with Gasteiger partial charge < -0.3 is 14.7 Å². The van der Waals surface area contributed by atoms with Gasteiger partial charge in [-0.1, -0.05) is 12.1 Å². The smallest absolute Gasteiger partial charge is 0.335 e. The molecule has 0 unspecified atom stereocenters. The summed E-state index contributed by atoms with van der Waals surface area (Å²) in [6.45, 7) is 1.13. The number of nitrogens with zero attached hydrogens (tertiary/aromatic N) is 1. The van der Waals surface area contributed by atoms with Gasteiger partial charge in [0.1, 0.15) is 5.75 Å². The molecule has 0 fully saturated rings. The molecule has 0 atom stereocenters. The van der Waals surface area contributed by atoms with Crippen molar-refractivity contribution in [2.75, 3.05) is 19.4 Å². The van der Waals surface area contributed by atoms with Crippen LogP contribution in [-0.2, 0) is 17.8 Å². The van der Waals surface area contributed by atoms with E-state index in [9.17, 15) is 9.59 Å². The minimum Gasteiger partial charge on any atom is -0.497 e. The number of carboxylic acid groups (broad SMARTS) is 1. The SMILES string of the molecule is COc1cccc(SCC(=O)N2CCc3ccc(C(=O)O)cc3C2)c1. The lowest BCUT2D eigenvalue weighted by molar-refractivity contribution is -0.129. The number of hydrogen-bond acceptors (Lipinski definition) is 4. The summed E-state index contributed by atoms with van der Waals surface area (Å²) in [6, 6.07) is 12.8. The molecule has 0 aromatic heterocycles. The van der Waals surface area contributed by atoms with E-state index >= 15 is 0 Å². The number of ether oxygens (including phenoxy) is 1. The summed E-state index contributed by atoms with van der Waals surface area (Å²) in [5.74, 6) is 0.228. The number of aromatic carboxylic acids is 1. The van der Waals surface area contributed by atoms with Crippen LogP contribution in [0.25, 0.3) is 0 Å². The number of carbonyl (C=O) groups excluding carboxylic acids is 1. The Morgan fingerprint density at radius 2 is 2.04 bits per heavy atom. The highest BCUT2D eigenvalue weighted by atomic mass is 32.2. The molecule has 6 heteroatoms. The fraction of sp³-hybridized carbons (Fsp3) is 0.263. The summed E-state index contributed by atoms with van der Waals surface area (Å²) < 4.78 is 5.19. The van der Waals surface area contributed by atoms with Gasteiger partial charge in [-0.15, -0.1) is 11.8 Å². The molecule has 0 aliphatic carbocycles. The van der Waals surface area contributed by atoms with Crippen molar-refractivity contribution < 1.29 is 19.4 Å². The van der Waals surface area contributed by atoms with Crippen LogP contribution in [-0.4, -0.2) is 41.3 Å². The third-order valence-corrected chi connectivity index (χ3v) is 5.20. The van der Waals surface area contributed by atoms with Crippen molar-refractivity contribution in [1.29, 1.82) is 0 Å². The van der Waals surface area contributed by atoms with Gasteiger partial charge in [-0.2, -0.15) is 0 Å². The molecule has 0 saturated carbocycles. The van der Waals surface area contributed by atoms with Crippen molar-refractivity contribution >= 4 is 23.6 Å². The van der Waals surface area contributed by atoms with E-state index in [0.717, 1.165) is 28.2 Å². The highest BCUT2D eigenvalue weighted by Crippen LogP contribution is 2.25. The second kappa shape index (κ2) is 7.61. The first-order valence-corrected chi connectivity index (χ1v) is 8.95. The number of benzene rings is 2. The lowest BCUT2D eigenvalue weighted by Gasteiger charge is -2.29. The maximum Gasteiger partial charge on any atom is 0.335 e. The zero-order valence-electron chi connectivity index (χ0n) is 13.9. The molecular formula is C19H19NO4S. The van der Waals surface area contributed by atoms with E-state index in [1.165, 1.54) is 11.8 Å². The number of amides is 1. The van der Waals surface area contributed by atoms with E-state index < -0.39 is 5.97 Å². The molecule has 0 spiro atoms. The molecule has 130 valence electrons. The minimum atomic E-state index is -0.945. The van der Waals surface area contributed by atoms with Crippen LogP contribution in [0.3, 0.4) is 0 Å². The Kier molecular flexibility index (Phi) is 5.28. The predicted octanol–water partition coefficient (Wildman–Crippen LogP) is 3.07. The predicted molar refractivity (Wildman–Crippen MR) is 96.2 cm³/mol. The molecule has 1 aliphatic rings. The summed E-state index contributed by atoms with van der Waals surface area (Å²) in [4.78, 5) is 26.4. The van der Waals surface area contributed by atoms with Gasteiger partial charge in [0, 0.05) is 18.0 Å². The topological polar surface area (TPSA) is 66.8 Å². The van der Waals surface area contributed by atoms with Crippen LogP contribution in [0.4, 0.5) is 0 Å². The fourth-order valence-electron chi connectivity index (χ4n) is 2.83. The largest absolute Gasteiger partial charge is 0.497 e. The first kappa shape index (κ1) is 17.4. The minimum absolute atomic E-state index is 0.0548. The summed E-state index contributed by atoms with van der Waals surface area (Å²) in [5, 5.41) is 9.12. The summed E-state index contributed by atoms with van der Waals surface area (Å²) in [6.07, 6.45) is 0.755. The molecule has 2 aromatic carbocycles. The van der Waals surface area contributed by atoms with Crippen LogP contribution in [0.1, 0.15) is 21.5 Å². The number of thioether (sulfide) groups is 1. The van der Waals surface area contributed by atoms with Crippen LogP contribution < -0.4 is 4.74 Å². The standard InChI is InChI=1S/C19H19NO4S/c1-24-16-3-2-4-17(10-16)25-12-18(21)20-8-7-13-5-6-14(19(22)23)9-15(13)11-20/h2-6,9-10H,7-8,11-12H2,1H3,(H,22,23). The van der Waals surface area contributed by atoms with Crippen molar-refractivity contribution in [3.05, 3.63) is 59.2 Å². The van der Waals surface area contributed by atoms with Gasteiger partial charge in [-0.25, -0.2) is 4.79 Å². The number of hydrogen-bond donors (Lipinski definition) is 1. The van der Waals surface area contributed by atoms with Crippen molar-refractivity contribution in [2.45, 2.75) is 17.9 Å². The summed E-state index contributed by atoms with van der Waals surface area (Å²) in [7, 11) is 1.62. The molecule has 1 heterocycles. The van der Waals surface area contributed by atoms with Crippen molar-refractivity contribution in [2.24, 2.45) is 0 Å². The van der Waals surface area contributed by atoms with Gasteiger partial charge in [-0.05, 0) is 47.9 Å². The Hall–Kier alpha value is -2.47. The number of rotatable bonds is 5. The number of carboxylic acids is 1. The van der Waals surface area contributed by atoms with Crippen LogP contribution in [0.5, 0.6) is 5.75 Å². The number of methoxy groups -OCH3 is 1. The Balaban J connectivity index is 1.63. The molecule has 2 aromatic rings. The van der Waals surface area contributed by atoms with Crippen LogP contribution in [0.2, 0.25) is 0 Å². The maximum atomic E-state index is 12.5. The van der Waals surface area contributed by atoms with Gasteiger partial charge >= 0.3 is 5.97 Å². The molecule has 5 nitrogen and oxygen atoms in total. The van der Waals surface area contributed by atoms with Crippen LogP contribution >= 0.6 is 11.8 Å². The van der Waals surface area contributed by atoms with E-state index in [4.69, 9.17) is 9.84 Å². The monoisotopic (exact) mass is 357 g/mol. The average molecular weight is 357 g/mol. The molecule has 0 radical (unpaired) electrons. The van der Waals surface area contributed by atoms with Crippen molar-refractivity contribution in [3.8, 4) is 5.75 Å². The first-order chi connectivity index (χ1) is 12.1. The Bertz CT molecular complexity index is 806. The zero-order chi connectivity index (χ0) is 17.8. The molecule has 0 bridgehead atoms. The van der Waals surface area contributed by atoms with Gasteiger partial charge in [0.15, 0.2) is 0 Å². The Morgan fingerprint density at radius 1 is 1.20 bits per heavy atom. The third-order valence-electron chi connectivity index (χ3n) is 4.22. The molecule has 0 saturated heterocycles. The lowest BCUT2D eigenvalue weighted by Crippen LogP contribution is -2.37. The van der Waals surface area contributed by atoms with Crippen molar-refractivity contribution in [1.82, 2.24) is 4.90 Å². The zero-order valence-corrected chi connectivity index (χ0v) is 14.7. The van der Waals surface area contributed by atoms with Crippen LogP contribution in [0.15, 0.2) is 47.4 Å². The van der Waals surface area contributed by atoms with E-state index in [1.54, 1.807) is 24.1 Å². The Morgan fingerprint density at radius 3 is 2.80 bits per heavy atom. The fourth-order valence-corrected chi connectivity index (χ4v) is 3.68. The highest BCUT2D eigenvalue weighted by molar-refractivity contribution is 8.00.